The highest BCUT2D eigenvalue weighted by Gasteiger charge is 2.23. The van der Waals surface area contributed by atoms with Crippen LogP contribution in [-0.4, -0.2) is 17.6 Å². The first-order chi connectivity index (χ1) is 17.4. The van der Waals surface area contributed by atoms with Gasteiger partial charge in [0, 0.05) is 10.6 Å². The number of carbonyl (C=O) groups excluding carboxylic acids is 2. The molecule has 3 aromatic rings. The zero-order valence-electron chi connectivity index (χ0n) is 22.9. The van der Waals surface area contributed by atoms with Gasteiger partial charge in [0.15, 0.2) is 0 Å². The Morgan fingerprint density at radius 1 is 0.722 bits per heavy atom. The van der Waals surface area contributed by atoms with E-state index in [2.05, 4.69) is 29.7 Å². The van der Waals surface area contributed by atoms with Crippen molar-refractivity contribution in [3.05, 3.63) is 95.6 Å². The second-order valence-electron chi connectivity index (χ2n) is 8.21. The lowest BCUT2D eigenvalue weighted by Gasteiger charge is -2.27. The van der Waals surface area contributed by atoms with Gasteiger partial charge in [0.1, 0.15) is 0 Å². The third kappa shape index (κ3) is 10.7. The summed E-state index contributed by atoms with van der Waals surface area (Å²) in [5.41, 5.74) is 3.16. The minimum absolute atomic E-state index is 0.0260. The molecule has 0 aliphatic rings. The van der Waals surface area contributed by atoms with E-state index in [1.165, 1.54) is 4.90 Å². The lowest BCUT2D eigenvalue weighted by Crippen LogP contribution is -2.41. The predicted octanol–water partition coefficient (Wildman–Crippen LogP) is 7.63. The van der Waals surface area contributed by atoms with Gasteiger partial charge in [-0.2, -0.15) is 0 Å². The Bertz CT molecular complexity index is 1030. The van der Waals surface area contributed by atoms with E-state index >= 15 is 0 Å². The van der Waals surface area contributed by atoms with Gasteiger partial charge in [-0.3, -0.25) is 9.59 Å². The number of benzene rings is 3. The number of rotatable bonds is 9. The standard InChI is InChI=1S/C27H30N2O2S.2C2H6/c1-4-32-24-16-10-21(11-17-24)18-25(30)28-23-14-12-22(13-15-23)27(2,3)29-26(31)19-20-8-6-5-7-9-20;2*1-2/h5-17H,4,18-19H2,1-3H3,(H,28,30)(H,29,31);2*1-2H3. The molecule has 0 saturated heterocycles. The van der Waals surface area contributed by atoms with Crippen LogP contribution in [0, 0.1) is 0 Å². The van der Waals surface area contributed by atoms with E-state index in [0.717, 1.165) is 28.1 Å². The highest BCUT2D eigenvalue weighted by molar-refractivity contribution is 7.99. The SMILES string of the molecule is CC.CC.CCSc1ccc(CC(=O)Nc2ccc(C(C)(C)NC(=O)Cc3ccccc3)cc2)cc1. The van der Waals surface area contributed by atoms with Gasteiger partial charge in [-0.25, -0.2) is 0 Å². The van der Waals surface area contributed by atoms with Gasteiger partial charge in [-0.05, 0) is 60.6 Å². The molecular formula is C31H42N2O2S. The van der Waals surface area contributed by atoms with Crippen LogP contribution in [-0.2, 0) is 28.0 Å². The molecule has 3 aromatic carbocycles. The summed E-state index contributed by atoms with van der Waals surface area (Å²) in [7, 11) is 0. The lowest BCUT2D eigenvalue weighted by molar-refractivity contribution is -0.122. The number of carbonyl (C=O) groups is 2. The van der Waals surface area contributed by atoms with E-state index in [1.807, 2.05) is 108 Å². The second kappa shape index (κ2) is 16.6. The normalized spacial score (nSPS) is 10.2. The van der Waals surface area contributed by atoms with Crippen molar-refractivity contribution in [3.63, 3.8) is 0 Å². The smallest absolute Gasteiger partial charge is 0.228 e. The molecule has 0 bridgehead atoms. The topological polar surface area (TPSA) is 58.2 Å². The molecule has 4 nitrogen and oxygen atoms in total. The van der Waals surface area contributed by atoms with Crippen molar-refractivity contribution < 1.29 is 9.59 Å². The van der Waals surface area contributed by atoms with E-state index in [-0.39, 0.29) is 11.8 Å². The predicted molar refractivity (Wildman–Crippen MR) is 156 cm³/mol. The van der Waals surface area contributed by atoms with Gasteiger partial charge in [-0.1, -0.05) is 89.2 Å². The average molecular weight is 507 g/mol. The van der Waals surface area contributed by atoms with E-state index in [4.69, 9.17) is 0 Å². The van der Waals surface area contributed by atoms with Gasteiger partial charge in [0.25, 0.3) is 0 Å². The van der Waals surface area contributed by atoms with E-state index in [0.29, 0.717) is 12.8 Å². The fraction of sp³-hybridized carbons (Fsp3) is 0.355. The molecule has 2 N–H and O–H groups in total. The first kappa shape index (κ1) is 31.0. The summed E-state index contributed by atoms with van der Waals surface area (Å²) < 4.78 is 0. The van der Waals surface area contributed by atoms with Crippen molar-refractivity contribution in [2.75, 3.05) is 11.1 Å². The third-order valence-electron chi connectivity index (χ3n) is 5.15. The molecule has 0 aliphatic carbocycles. The van der Waals surface area contributed by atoms with Crippen molar-refractivity contribution in [1.29, 1.82) is 0 Å². The Morgan fingerprint density at radius 3 is 1.81 bits per heavy atom. The Hall–Kier alpha value is -3.05. The highest BCUT2D eigenvalue weighted by Crippen LogP contribution is 2.23. The largest absolute Gasteiger partial charge is 0.347 e. The number of anilines is 1. The van der Waals surface area contributed by atoms with E-state index in [1.54, 1.807) is 11.8 Å². The molecule has 0 radical (unpaired) electrons. The molecule has 0 fully saturated rings. The summed E-state index contributed by atoms with van der Waals surface area (Å²) in [6.07, 6.45) is 0.677. The molecule has 0 aromatic heterocycles. The molecule has 3 rings (SSSR count). The van der Waals surface area contributed by atoms with Crippen molar-refractivity contribution in [1.82, 2.24) is 5.32 Å². The van der Waals surface area contributed by atoms with Gasteiger partial charge < -0.3 is 10.6 Å². The molecule has 5 heteroatoms. The minimum Gasteiger partial charge on any atom is -0.347 e. The summed E-state index contributed by atoms with van der Waals surface area (Å²) >= 11 is 1.79. The molecule has 0 aliphatic heterocycles. The maximum atomic E-state index is 12.5. The van der Waals surface area contributed by atoms with Crippen LogP contribution in [0.15, 0.2) is 83.8 Å². The maximum absolute atomic E-state index is 12.5. The number of amides is 2. The fourth-order valence-electron chi connectivity index (χ4n) is 3.48. The quantitative estimate of drug-likeness (QED) is 0.293. The van der Waals surface area contributed by atoms with Gasteiger partial charge in [0.05, 0.1) is 18.4 Å². The Kier molecular flexibility index (Phi) is 14.3. The zero-order valence-corrected chi connectivity index (χ0v) is 23.7. The molecule has 2 amide bonds. The van der Waals surface area contributed by atoms with Gasteiger partial charge >= 0.3 is 0 Å². The van der Waals surface area contributed by atoms with Crippen LogP contribution in [0.25, 0.3) is 0 Å². The van der Waals surface area contributed by atoms with Crippen LogP contribution in [0.1, 0.15) is 65.2 Å². The molecule has 0 spiro atoms. The summed E-state index contributed by atoms with van der Waals surface area (Å²) in [5.74, 6) is 0.953. The van der Waals surface area contributed by atoms with Crippen LogP contribution in [0.4, 0.5) is 5.69 Å². The van der Waals surface area contributed by atoms with Crippen molar-refractivity contribution in [2.24, 2.45) is 0 Å². The Balaban J connectivity index is 0.00000154. The molecule has 0 unspecified atom stereocenters. The zero-order chi connectivity index (χ0) is 27.0. The third-order valence-corrected chi connectivity index (χ3v) is 6.04. The number of hydrogen-bond donors (Lipinski definition) is 2. The molecule has 0 heterocycles. The Morgan fingerprint density at radius 2 is 1.25 bits per heavy atom. The molecule has 194 valence electrons. The number of nitrogens with one attached hydrogen (secondary N) is 2. The first-order valence-electron chi connectivity index (χ1n) is 12.8. The average Bonchev–Trinajstić information content (AvgIpc) is 2.88. The van der Waals surface area contributed by atoms with Crippen LogP contribution < -0.4 is 10.6 Å². The molecule has 0 atom stereocenters. The van der Waals surface area contributed by atoms with Crippen LogP contribution >= 0.6 is 11.8 Å². The molecule has 0 saturated carbocycles. The lowest BCUT2D eigenvalue weighted by atomic mass is 9.93. The first-order valence-corrected chi connectivity index (χ1v) is 13.8. The van der Waals surface area contributed by atoms with Crippen LogP contribution in [0.2, 0.25) is 0 Å². The van der Waals surface area contributed by atoms with Crippen LogP contribution in [0.3, 0.4) is 0 Å². The van der Waals surface area contributed by atoms with Crippen LogP contribution in [0.5, 0.6) is 0 Å². The Labute approximate surface area is 222 Å². The fourth-order valence-corrected chi connectivity index (χ4v) is 4.14. The van der Waals surface area contributed by atoms with E-state index < -0.39 is 5.54 Å². The minimum atomic E-state index is -0.521. The number of hydrogen-bond acceptors (Lipinski definition) is 3. The monoisotopic (exact) mass is 506 g/mol. The molecule has 36 heavy (non-hydrogen) atoms. The van der Waals surface area contributed by atoms with E-state index in [9.17, 15) is 9.59 Å². The molecular weight excluding hydrogens is 464 g/mol. The van der Waals surface area contributed by atoms with Crippen molar-refractivity contribution in [3.8, 4) is 0 Å². The number of thioether (sulfide) groups is 1. The van der Waals surface area contributed by atoms with Gasteiger partial charge in [-0.15, -0.1) is 11.8 Å². The summed E-state index contributed by atoms with van der Waals surface area (Å²) in [6.45, 7) is 14.1. The second-order valence-corrected chi connectivity index (χ2v) is 9.55. The van der Waals surface area contributed by atoms with Crippen molar-refractivity contribution >= 4 is 29.3 Å². The summed E-state index contributed by atoms with van der Waals surface area (Å²) in [6, 6.07) is 25.4. The van der Waals surface area contributed by atoms with Crippen molar-refractivity contribution in [2.45, 2.75) is 71.7 Å². The summed E-state index contributed by atoms with van der Waals surface area (Å²) in [4.78, 5) is 26.1. The highest BCUT2D eigenvalue weighted by atomic mass is 32.2. The maximum Gasteiger partial charge on any atom is 0.228 e. The summed E-state index contributed by atoms with van der Waals surface area (Å²) in [5, 5.41) is 6.05. The van der Waals surface area contributed by atoms with Gasteiger partial charge in [0.2, 0.25) is 11.8 Å².